The van der Waals surface area contributed by atoms with Crippen LogP contribution in [0.15, 0.2) is 54.6 Å². The summed E-state index contributed by atoms with van der Waals surface area (Å²) in [5.41, 5.74) is 1.03. The van der Waals surface area contributed by atoms with Gasteiger partial charge in [-0.05, 0) is 43.7 Å². The lowest BCUT2D eigenvalue weighted by atomic mass is 10.1. The van der Waals surface area contributed by atoms with E-state index in [0.717, 1.165) is 5.56 Å². The number of urea groups is 1. The smallest absolute Gasteiger partial charge is 0.318 e. The Morgan fingerprint density at radius 3 is 2.27 bits per heavy atom. The maximum Gasteiger partial charge on any atom is 0.318 e. The van der Waals surface area contributed by atoms with Gasteiger partial charge in [-0.1, -0.05) is 30.3 Å². The van der Waals surface area contributed by atoms with Crippen LogP contribution in [0.25, 0.3) is 0 Å². The van der Waals surface area contributed by atoms with Crippen molar-refractivity contribution in [1.29, 1.82) is 0 Å². The van der Waals surface area contributed by atoms with Gasteiger partial charge in [0.25, 0.3) is 0 Å². The van der Waals surface area contributed by atoms with E-state index < -0.39 is 6.23 Å². The highest BCUT2D eigenvalue weighted by Crippen LogP contribution is 2.16. The third-order valence-electron chi connectivity index (χ3n) is 3.13. The fourth-order valence-electron chi connectivity index (χ4n) is 2.01. The number of phenols is 1. The molecule has 0 bridgehead atoms. The highest BCUT2D eigenvalue weighted by Gasteiger charge is 2.12. The molecule has 2 unspecified atom stereocenters. The van der Waals surface area contributed by atoms with Crippen molar-refractivity contribution in [2.75, 3.05) is 0 Å². The van der Waals surface area contributed by atoms with E-state index in [1.54, 1.807) is 19.1 Å². The first kappa shape index (κ1) is 15.7. The van der Waals surface area contributed by atoms with Crippen LogP contribution in [0, 0.1) is 0 Å². The van der Waals surface area contributed by atoms with Crippen molar-refractivity contribution in [3.8, 4) is 11.5 Å². The third-order valence-corrected chi connectivity index (χ3v) is 3.13. The van der Waals surface area contributed by atoms with Gasteiger partial charge in [-0.3, -0.25) is 0 Å². The fraction of sp³-hybridized carbons (Fsp3) is 0.235. The maximum atomic E-state index is 11.9. The Balaban J connectivity index is 1.82. The first-order valence-electron chi connectivity index (χ1n) is 7.12. The molecule has 0 heterocycles. The molecule has 2 rings (SSSR count). The summed E-state index contributed by atoms with van der Waals surface area (Å²) in [5, 5.41) is 14.8. The summed E-state index contributed by atoms with van der Waals surface area (Å²) in [4.78, 5) is 11.9. The van der Waals surface area contributed by atoms with E-state index in [-0.39, 0.29) is 17.8 Å². The van der Waals surface area contributed by atoms with Crippen LogP contribution in [0.2, 0.25) is 0 Å². The number of ether oxygens (including phenoxy) is 1. The van der Waals surface area contributed by atoms with Crippen molar-refractivity contribution in [1.82, 2.24) is 10.6 Å². The van der Waals surface area contributed by atoms with E-state index in [4.69, 9.17) is 4.74 Å². The topological polar surface area (TPSA) is 70.6 Å². The number of aromatic hydroxyl groups is 1. The molecule has 2 aromatic carbocycles. The van der Waals surface area contributed by atoms with E-state index in [1.807, 2.05) is 37.3 Å². The second kappa shape index (κ2) is 7.36. The van der Waals surface area contributed by atoms with Crippen molar-refractivity contribution in [3.63, 3.8) is 0 Å². The highest BCUT2D eigenvalue weighted by molar-refractivity contribution is 5.74. The number of rotatable bonds is 5. The van der Waals surface area contributed by atoms with Gasteiger partial charge in [0.05, 0.1) is 6.04 Å². The number of benzene rings is 2. The number of carbonyl (C=O) groups is 1. The van der Waals surface area contributed by atoms with E-state index >= 15 is 0 Å². The predicted octanol–water partition coefficient (Wildman–Crippen LogP) is 3.18. The van der Waals surface area contributed by atoms with Crippen LogP contribution < -0.4 is 15.4 Å². The van der Waals surface area contributed by atoms with Crippen LogP contribution >= 0.6 is 0 Å². The lowest BCUT2D eigenvalue weighted by molar-refractivity contribution is 0.175. The number of nitrogens with one attached hydrogen (secondary N) is 2. The quantitative estimate of drug-likeness (QED) is 0.743. The van der Waals surface area contributed by atoms with Crippen LogP contribution in [0.1, 0.15) is 25.5 Å². The molecule has 5 heteroatoms. The Hall–Kier alpha value is -2.69. The van der Waals surface area contributed by atoms with E-state index in [2.05, 4.69) is 10.6 Å². The standard InChI is InChI=1S/C17H20N2O3/c1-12(14-6-4-3-5-7-14)18-17(21)19-13(2)22-16-10-8-15(20)9-11-16/h3-13,20H,1-2H3,(H2,18,19,21). The molecular formula is C17H20N2O3. The van der Waals surface area contributed by atoms with Crippen molar-refractivity contribution in [2.45, 2.75) is 26.1 Å². The molecular weight excluding hydrogens is 280 g/mol. The first-order valence-corrected chi connectivity index (χ1v) is 7.12. The molecule has 0 saturated carbocycles. The molecule has 0 aliphatic rings. The molecule has 0 fully saturated rings. The zero-order valence-electron chi connectivity index (χ0n) is 12.6. The van der Waals surface area contributed by atoms with Gasteiger partial charge >= 0.3 is 6.03 Å². The summed E-state index contributed by atoms with van der Waals surface area (Å²) >= 11 is 0. The summed E-state index contributed by atoms with van der Waals surface area (Å²) in [6.45, 7) is 3.65. The van der Waals surface area contributed by atoms with Crippen molar-refractivity contribution >= 4 is 6.03 Å². The average molecular weight is 300 g/mol. The Labute approximate surface area is 129 Å². The van der Waals surface area contributed by atoms with Gasteiger partial charge in [-0.15, -0.1) is 0 Å². The summed E-state index contributed by atoms with van der Waals surface area (Å²) in [7, 11) is 0. The van der Waals surface area contributed by atoms with Crippen molar-refractivity contribution < 1.29 is 14.6 Å². The van der Waals surface area contributed by atoms with Gasteiger partial charge in [0, 0.05) is 0 Å². The summed E-state index contributed by atoms with van der Waals surface area (Å²) < 4.78 is 5.54. The largest absolute Gasteiger partial charge is 0.508 e. The van der Waals surface area contributed by atoms with Crippen LogP contribution in [0.5, 0.6) is 11.5 Å². The SMILES string of the molecule is CC(NC(=O)NC(C)c1ccccc1)Oc1ccc(O)cc1. The minimum Gasteiger partial charge on any atom is -0.508 e. The number of amides is 2. The van der Waals surface area contributed by atoms with Crippen LogP contribution in [0.4, 0.5) is 4.79 Å². The Kier molecular flexibility index (Phi) is 5.25. The molecule has 116 valence electrons. The molecule has 0 saturated heterocycles. The Morgan fingerprint density at radius 2 is 1.64 bits per heavy atom. The first-order chi connectivity index (χ1) is 10.5. The molecule has 2 amide bonds. The molecule has 2 atom stereocenters. The number of phenolic OH excluding ortho intramolecular Hbond substituents is 1. The molecule has 0 radical (unpaired) electrons. The maximum absolute atomic E-state index is 11.9. The Morgan fingerprint density at radius 1 is 1.00 bits per heavy atom. The lowest BCUT2D eigenvalue weighted by Gasteiger charge is -2.19. The van der Waals surface area contributed by atoms with Crippen LogP contribution in [-0.2, 0) is 0 Å². The molecule has 2 aromatic rings. The zero-order chi connectivity index (χ0) is 15.9. The van der Waals surface area contributed by atoms with Crippen molar-refractivity contribution in [3.05, 3.63) is 60.2 Å². The lowest BCUT2D eigenvalue weighted by Crippen LogP contribution is -2.44. The summed E-state index contributed by atoms with van der Waals surface area (Å²) in [6.07, 6.45) is -0.493. The molecule has 3 N–H and O–H groups in total. The molecule has 0 aliphatic carbocycles. The van der Waals surface area contributed by atoms with E-state index in [0.29, 0.717) is 5.75 Å². The zero-order valence-corrected chi connectivity index (χ0v) is 12.6. The second-order valence-corrected chi connectivity index (χ2v) is 5.00. The monoisotopic (exact) mass is 300 g/mol. The second-order valence-electron chi connectivity index (χ2n) is 5.00. The normalized spacial score (nSPS) is 13.0. The van der Waals surface area contributed by atoms with Crippen LogP contribution in [0.3, 0.4) is 0 Å². The van der Waals surface area contributed by atoms with Gasteiger partial charge < -0.3 is 20.5 Å². The summed E-state index contributed by atoms with van der Waals surface area (Å²) in [5.74, 6) is 0.740. The molecule has 0 aliphatic heterocycles. The van der Waals surface area contributed by atoms with Gasteiger partial charge in [0.2, 0.25) is 0 Å². The Bertz CT molecular complexity index is 599. The summed E-state index contributed by atoms with van der Waals surface area (Å²) in [6, 6.07) is 15.6. The van der Waals surface area contributed by atoms with E-state index in [1.165, 1.54) is 12.1 Å². The third kappa shape index (κ3) is 4.70. The van der Waals surface area contributed by atoms with Crippen molar-refractivity contribution in [2.24, 2.45) is 0 Å². The van der Waals surface area contributed by atoms with E-state index in [9.17, 15) is 9.90 Å². The van der Waals surface area contributed by atoms with Crippen LogP contribution in [-0.4, -0.2) is 17.4 Å². The number of hydrogen-bond acceptors (Lipinski definition) is 3. The average Bonchev–Trinajstić information content (AvgIpc) is 2.50. The van der Waals surface area contributed by atoms with Gasteiger partial charge in [0.1, 0.15) is 11.5 Å². The molecule has 0 aromatic heterocycles. The molecule has 0 spiro atoms. The van der Waals surface area contributed by atoms with Gasteiger partial charge in [0.15, 0.2) is 6.23 Å². The fourth-order valence-corrected chi connectivity index (χ4v) is 2.01. The minimum atomic E-state index is -0.493. The molecule has 5 nitrogen and oxygen atoms in total. The minimum absolute atomic E-state index is 0.0953. The number of carbonyl (C=O) groups excluding carboxylic acids is 1. The van der Waals surface area contributed by atoms with Gasteiger partial charge in [-0.25, -0.2) is 4.79 Å². The molecule has 22 heavy (non-hydrogen) atoms. The van der Waals surface area contributed by atoms with Gasteiger partial charge in [-0.2, -0.15) is 0 Å². The number of hydrogen-bond donors (Lipinski definition) is 3. The highest BCUT2D eigenvalue weighted by atomic mass is 16.5. The predicted molar refractivity (Wildman–Crippen MR) is 84.7 cm³/mol.